The number of nitrogens with one attached hydrogen (secondary N) is 1. The molecule has 1 amide bonds. The molecule has 4 heteroatoms. The molecule has 21 heavy (non-hydrogen) atoms. The molecule has 0 saturated carbocycles. The quantitative estimate of drug-likeness (QED) is 0.648. The monoisotopic (exact) mass is 297 g/mol. The maximum Gasteiger partial charge on any atom is 0.407 e. The number of alkyl carbamates (subject to hydrolysis) is 1. The van der Waals surface area contributed by atoms with E-state index in [1.165, 1.54) is 11.1 Å². The number of carbonyl (C=O) groups excluding carboxylic acids is 1. The lowest BCUT2D eigenvalue weighted by atomic mass is 10.1. The van der Waals surface area contributed by atoms with E-state index in [1.54, 1.807) is 7.11 Å². The Balaban J connectivity index is 3.80. The number of rotatable bonds is 9. The van der Waals surface area contributed by atoms with Gasteiger partial charge in [0, 0.05) is 20.1 Å². The molecule has 0 aromatic carbocycles. The second-order valence-electron chi connectivity index (χ2n) is 6.10. The highest BCUT2D eigenvalue weighted by Crippen LogP contribution is 2.12. The molecular weight excluding hydrogens is 266 g/mol. The lowest BCUT2D eigenvalue weighted by Gasteiger charge is -2.22. The number of hydrogen-bond donors (Lipinski definition) is 1. The number of amides is 1. The third-order valence-corrected chi connectivity index (χ3v) is 3.28. The Kier molecular flexibility index (Phi) is 9.80. The first-order valence-corrected chi connectivity index (χ1v) is 7.51. The molecule has 0 aliphatic carbocycles. The van der Waals surface area contributed by atoms with Crippen LogP contribution >= 0.6 is 0 Å². The zero-order valence-electron chi connectivity index (χ0n) is 14.4. The van der Waals surface area contributed by atoms with E-state index in [1.807, 2.05) is 19.9 Å². The highest BCUT2D eigenvalue weighted by atomic mass is 16.5. The van der Waals surface area contributed by atoms with Crippen LogP contribution in [0.5, 0.6) is 0 Å². The second kappa shape index (κ2) is 10.4. The van der Waals surface area contributed by atoms with Crippen LogP contribution in [-0.4, -0.2) is 32.0 Å². The van der Waals surface area contributed by atoms with Crippen LogP contribution in [0.1, 0.15) is 53.9 Å². The Morgan fingerprint density at radius 3 is 2.43 bits per heavy atom. The van der Waals surface area contributed by atoms with E-state index in [0.29, 0.717) is 19.6 Å². The lowest BCUT2D eigenvalue weighted by Crippen LogP contribution is -2.29. The van der Waals surface area contributed by atoms with Gasteiger partial charge in [0.2, 0.25) is 0 Å². The number of carbonyl (C=O) groups is 1. The predicted molar refractivity (Wildman–Crippen MR) is 87.5 cm³/mol. The van der Waals surface area contributed by atoms with Gasteiger partial charge in [0.1, 0.15) is 0 Å². The van der Waals surface area contributed by atoms with Gasteiger partial charge in [-0.2, -0.15) is 0 Å². The van der Waals surface area contributed by atoms with E-state index in [2.05, 4.69) is 32.2 Å². The molecule has 0 heterocycles. The maximum absolute atomic E-state index is 11.5. The van der Waals surface area contributed by atoms with Gasteiger partial charge in [-0.3, -0.25) is 0 Å². The minimum absolute atomic E-state index is 0.262. The Labute approximate surface area is 129 Å². The van der Waals surface area contributed by atoms with Crippen LogP contribution in [0.3, 0.4) is 0 Å². The van der Waals surface area contributed by atoms with Crippen molar-refractivity contribution < 1.29 is 14.3 Å². The van der Waals surface area contributed by atoms with Crippen LogP contribution < -0.4 is 5.32 Å². The summed E-state index contributed by atoms with van der Waals surface area (Å²) in [6.45, 7) is 11.1. The minimum atomic E-state index is -0.379. The molecular formula is C17H31NO3. The smallest absolute Gasteiger partial charge is 0.407 e. The van der Waals surface area contributed by atoms with Crippen molar-refractivity contribution in [2.45, 2.75) is 59.5 Å². The fourth-order valence-corrected chi connectivity index (χ4v) is 1.54. The van der Waals surface area contributed by atoms with Crippen molar-refractivity contribution in [2.75, 3.05) is 20.3 Å². The van der Waals surface area contributed by atoms with Gasteiger partial charge in [0.15, 0.2) is 0 Å². The van der Waals surface area contributed by atoms with Crippen LogP contribution in [0.4, 0.5) is 4.79 Å². The Morgan fingerprint density at radius 1 is 1.19 bits per heavy atom. The Hall–Kier alpha value is -1.29. The third-order valence-electron chi connectivity index (χ3n) is 3.28. The summed E-state index contributed by atoms with van der Waals surface area (Å²) in [5, 5.41) is 2.72. The van der Waals surface area contributed by atoms with E-state index in [9.17, 15) is 4.79 Å². The van der Waals surface area contributed by atoms with Gasteiger partial charge in [-0.25, -0.2) is 4.79 Å². The zero-order valence-corrected chi connectivity index (χ0v) is 14.4. The van der Waals surface area contributed by atoms with E-state index < -0.39 is 0 Å². The third kappa shape index (κ3) is 12.2. The largest absolute Gasteiger partial charge is 0.449 e. The average molecular weight is 297 g/mol. The molecule has 0 unspecified atom stereocenters. The molecule has 0 radical (unpaired) electrons. The molecule has 4 nitrogen and oxygen atoms in total. The van der Waals surface area contributed by atoms with E-state index in [0.717, 1.165) is 12.8 Å². The average Bonchev–Trinajstić information content (AvgIpc) is 2.38. The van der Waals surface area contributed by atoms with E-state index >= 15 is 0 Å². The summed E-state index contributed by atoms with van der Waals surface area (Å²) in [5.41, 5.74) is 2.35. The summed E-state index contributed by atoms with van der Waals surface area (Å²) in [6, 6.07) is 0. The van der Waals surface area contributed by atoms with Gasteiger partial charge >= 0.3 is 6.09 Å². The van der Waals surface area contributed by atoms with Gasteiger partial charge < -0.3 is 14.8 Å². The number of hydrogen-bond acceptors (Lipinski definition) is 3. The summed E-state index contributed by atoms with van der Waals surface area (Å²) < 4.78 is 10.4. The molecule has 122 valence electrons. The summed E-state index contributed by atoms with van der Waals surface area (Å²) in [6.07, 6.45) is 6.60. The molecule has 1 N–H and O–H groups in total. The van der Waals surface area contributed by atoms with Gasteiger partial charge in [-0.1, -0.05) is 23.3 Å². The number of ether oxygens (including phenoxy) is 2. The van der Waals surface area contributed by atoms with Crippen molar-refractivity contribution in [1.29, 1.82) is 0 Å². The van der Waals surface area contributed by atoms with Crippen LogP contribution in [-0.2, 0) is 9.47 Å². The molecule has 0 atom stereocenters. The SMILES string of the molecule is COC(C)(C)CCOC(=O)NC/C=C(\C)CCC=C(C)C. The summed E-state index contributed by atoms with van der Waals surface area (Å²) >= 11 is 0. The molecule has 0 aliphatic rings. The fraction of sp³-hybridized carbons (Fsp3) is 0.706. The van der Waals surface area contributed by atoms with Crippen molar-refractivity contribution in [2.24, 2.45) is 0 Å². The van der Waals surface area contributed by atoms with Crippen LogP contribution in [0.15, 0.2) is 23.3 Å². The van der Waals surface area contributed by atoms with Gasteiger partial charge in [-0.15, -0.1) is 0 Å². The van der Waals surface area contributed by atoms with Crippen LogP contribution in [0, 0.1) is 0 Å². The predicted octanol–water partition coefficient (Wildman–Crippen LogP) is 4.22. The first-order valence-electron chi connectivity index (χ1n) is 7.51. The first-order chi connectivity index (χ1) is 9.76. The van der Waals surface area contributed by atoms with Crippen molar-refractivity contribution in [3.63, 3.8) is 0 Å². The van der Waals surface area contributed by atoms with Gasteiger partial charge in [0.25, 0.3) is 0 Å². The first kappa shape index (κ1) is 19.7. The van der Waals surface area contributed by atoms with Crippen molar-refractivity contribution >= 4 is 6.09 Å². The number of methoxy groups -OCH3 is 1. The maximum atomic E-state index is 11.5. The second-order valence-corrected chi connectivity index (χ2v) is 6.10. The van der Waals surface area contributed by atoms with Crippen molar-refractivity contribution in [3.8, 4) is 0 Å². The van der Waals surface area contributed by atoms with Crippen LogP contribution in [0.25, 0.3) is 0 Å². The van der Waals surface area contributed by atoms with Crippen molar-refractivity contribution in [1.82, 2.24) is 5.32 Å². The summed E-state index contributed by atoms with van der Waals surface area (Å²) in [7, 11) is 1.66. The van der Waals surface area contributed by atoms with Gasteiger partial charge in [-0.05, 0) is 47.5 Å². The molecule has 0 aromatic heterocycles. The molecule has 0 aliphatic heterocycles. The molecule has 0 aromatic rings. The van der Waals surface area contributed by atoms with Crippen molar-refractivity contribution in [3.05, 3.63) is 23.3 Å². The molecule has 0 bridgehead atoms. The highest BCUT2D eigenvalue weighted by Gasteiger charge is 2.16. The summed E-state index contributed by atoms with van der Waals surface area (Å²) in [4.78, 5) is 11.5. The molecule has 0 rings (SSSR count). The Bertz CT molecular complexity index is 366. The zero-order chi connectivity index (χ0) is 16.3. The molecule has 0 spiro atoms. The van der Waals surface area contributed by atoms with Gasteiger partial charge in [0.05, 0.1) is 12.2 Å². The number of allylic oxidation sites excluding steroid dienone is 3. The van der Waals surface area contributed by atoms with Crippen LogP contribution in [0.2, 0.25) is 0 Å². The Morgan fingerprint density at radius 2 is 1.86 bits per heavy atom. The highest BCUT2D eigenvalue weighted by molar-refractivity contribution is 5.67. The van der Waals surface area contributed by atoms with E-state index in [-0.39, 0.29) is 11.7 Å². The topological polar surface area (TPSA) is 47.6 Å². The molecule has 0 saturated heterocycles. The standard InChI is InChI=1S/C17H31NO3/c1-14(2)8-7-9-15(3)10-12-18-16(19)21-13-11-17(4,5)20-6/h8,10H,7,9,11-13H2,1-6H3,(H,18,19)/b15-10+. The van der Waals surface area contributed by atoms with E-state index in [4.69, 9.17) is 9.47 Å². The minimum Gasteiger partial charge on any atom is -0.449 e. The molecule has 0 fully saturated rings. The summed E-state index contributed by atoms with van der Waals surface area (Å²) in [5.74, 6) is 0. The fourth-order valence-electron chi connectivity index (χ4n) is 1.54. The normalized spacial score (nSPS) is 12.0. The lowest BCUT2D eigenvalue weighted by molar-refractivity contribution is 0.000258.